The van der Waals surface area contributed by atoms with Gasteiger partial charge < -0.3 is 5.32 Å². The molecule has 4 nitrogen and oxygen atoms in total. The van der Waals surface area contributed by atoms with Gasteiger partial charge in [0, 0.05) is 15.1 Å². The van der Waals surface area contributed by atoms with Crippen LogP contribution in [-0.2, 0) is 0 Å². The molecule has 2 N–H and O–H groups in total. The van der Waals surface area contributed by atoms with Crippen LogP contribution in [0.3, 0.4) is 0 Å². The molecular weight excluding hydrogens is 430 g/mol. The van der Waals surface area contributed by atoms with Crippen molar-refractivity contribution < 1.29 is 4.79 Å². The lowest BCUT2D eigenvalue weighted by Crippen LogP contribution is -2.34. The van der Waals surface area contributed by atoms with E-state index >= 15 is 0 Å². The van der Waals surface area contributed by atoms with Crippen LogP contribution < -0.4 is 10.6 Å². The summed E-state index contributed by atoms with van der Waals surface area (Å²) in [6, 6.07) is 10.9. The molecule has 0 aliphatic carbocycles. The fourth-order valence-electron chi connectivity index (χ4n) is 2.04. The lowest BCUT2D eigenvalue weighted by Gasteiger charge is -2.07. The number of rotatable bonds is 2. The minimum Gasteiger partial charge on any atom is -0.308 e. The average molecular weight is 441 g/mol. The third-order valence-corrected chi connectivity index (χ3v) is 5.24. The molecule has 122 valence electrons. The third kappa shape index (κ3) is 3.92. The van der Waals surface area contributed by atoms with E-state index in [1.54, 1.807) is 18.2 Å². The van der Waals surface area contributed by atoms with Crippen LogP contribution in [0.15, 0.2) is 40.9 Å². The van der Waals surface area contributed by atoms with Gasteiger partial charge in [-0.2, -0.15) is 0 Å². The Labute approximate surface area is 161 Å². The molecule has 0 saturated heterocycles. The predicted molar refractivity (Wildman–Crippen MR) is 107 cm³/mol. The molecule has 3 aromatic rings. The summed E-state index contributed by atoms with van der Waals surface area (Å²) in [4.78, 5) is 16.6. The first-order chi connectivity index (χ1) is 11.4. The van der Waals surface area contributed by atoms with E-state index in [1.165, 1.54) is 11.3 Å². The molecular formula is C16H11BrClN3OS2. The summed E-state index contributed by atoms with van der Waals surface area (Å²) in [5, 5.41) is 7.05. The van der Waals surface area contributed by atoms with Gasteiger partial charge in [-0.1, -0.05) is 44.9 Å². The van der Waals surface area contributed by atoms with Crippen LogP contribution in [0.2, 0.25) is 5.02 Å². The van der Waals surface area contributed by atoms with Gasteiger partial charge >= 0.3 is 0 Å². The number of halogens is 2. The van der Waals surface area contributed by atoms with Crippen molar-refractivity contribution in [1.29, 1.82) is 0 Å². The molecule has 0 aliphatic rings. The molecule has 0 spiro atoms. The number of carbonyl (C=O) groups excluding carboxylic acids is 1. The molecule has 0 radical (unpaired) electrons. The average Bonchev–Trinajstić information content (AvgIpc) is 2.88. The van der Waals surface area contributed by atoms with Crippen LogP contribution in [0.25, 0.3) is 10.2 Å². The number of carbonyl (C=O) groups is 1. The van der Waals surface area contributed by atoms with E-state index in [9.17, 15) is 4.79 Å². The number of aromatic nitrogens is 1. The molecule has 0 fully saturated rings. The van der Waals surface area contributed by atoms with Crippen molar-refractivity contribution in [3.63, 3.8) is 0 Å². The number of hydrogen-bond donors (Lipinski definition) is 2. The summed E-state index contributed by atoms with van der Waals surface area (Å²) in [5.74, 6) is -0.284. The zero-order chi connectivity index (χ0) is 17.3. The molecule has 0 saturated carbocycles. The summed E-state index contributed by atoms with van der Waals surface area (Å²) in [6.45, 7) is 1.94. The van der Waals surface area contributed by atoms with Crippen molar-refractivity contribution in [3.8, 4) is 0 Å². The van der Waals surface area contributed by atoms with Gasteiger partial charge in [-0.05, 0) is 55.0 Å². The maximum absolute atomic E-state index is 12.2. The first-order valence-electron chi connectivity index (χ1n) is 6.87. The number of hydrogen-bond acceptors (Lipinski definition) is 4. The number of nitrogens with one attached hydrogen (secondary N) is 2. The van der Waals surface area contributed by atoms with Gasteiger partial charge in [0.05, 0.1) is 10.2 Å². The Morgan fingerprint density at radius 1 is 1.33 bits per heavy atom. The number of nitrogens with zero attached hydrogens (tertiary/aromatic N) is 1. The van der Waals surface area contributed by atoms with Gasteiger partial charge in [-0.25, -0.2) is 4.98 Å². The van der Waals surface area contributed by atoms with Crippen molar-refractivity contribution in [3.05, 3.63) is 57.0 Å². The topological polar surface area (TPSA) is 54.0 Å². The number of benzene rings is 2. The van der Waals surface area contributed by atoms with Gasteiger partial charge in [0.15, 0.2) is 10.2 Å². The zero-order valence-electron chi connectivity index (χ0n) is 12.4. The molecule has 1 aromatic heterocycles. The van der Waals surface area contributed by atoms with Crippen LogP contribution in [0, 0.1) is 6.92 Å². The first kappa shape index (κ1) is 17.3. The smallest absolute Gasteiger partial charge is 0.257 e. The molecule has 2 aromatic carbocycles. The molecule has 0 atom stereocenters. The van der Waals surface area contributed by atoms with Gasteiger partial charge in [-0.3, -0.25) is 10.1 Å². The Morgan fingerprint density at radius 3 is 2.88 bits per heavy atom. The Kier molecular flexibility index (Phi) is 5.15. The fourth-order valence-corrected chi connectivity index (χ4v) is 3.80. The number of aryl methyl sites for hydroxylation is 1. The molecule has 8 heteroatoms. The predicted octanol–water partition coefficient (Wildman–Crippen LogP) is 5.15. The quantitative estimate of drug-likeness (QED) is 0.541. The second kappa shape index (κ2) is 7.14. The van der Waals surface area contributed by atoms with E-state index in [-0.39, 0.29) is 11.0 Å². The highest BCUT2D eigenvalue weighted by atomic mass is 79.9. The van der Waals surface area contributed by atoms with Gasteiger partial charge in [0.25, 0.3) is 5.91 Å². The standard InChI is InChI=1S/C16H11BrClN3OS2/c1-8-5-13-12(7-11(8)18)19-16(24-13)21-15(23)20-14(22)9-3-2-4-10(17)6-9/h2-7H,1H3,(H2,19,20,21,22,23). The Bertz CT molecular complexity index is 919. The summed E-state index contributed by atoms with van der Waals surface area (Å²) in [7, 11) is 0. The van der Waals surface area contributed by atoms with Crippen LogP contribution in [0.4, 0.5) is 5.13 Å². The largest absolute Gasteiger partial charge is 0.308 e. The van der Waals surface area contributed by atoms with Crippen molar-refractivity contribution in [2.75, 3.05) is 5.32 Å². The summed E-state index contributed by atoms with van der Waals surface area (Å²) >= 11 is 16.1. The molecule has 0 bridgehead atoms. The molecule has 0 aliphatic heterocycles. The van der Waals surface area contributed by atoms with Gasteiger partial charge in [0.2, 0.25) is 0 Å². The number of fused-ring (bicyclic) bond motifs is 1. The molecule has 0 unspecified atom stereocenters. The lowest BCUT2D eigenvalue weighted by molar-refractivity contribution is 0.0977. The highest BCUT2D eigenvalue weighted by Gasteiger charge is 2.11. The van der Waals surface area contributed by atoms with Crippen LogP contribution >= 0.6 is 51.1 Å². The first-order valence-corrected chi connectivity index (χ1v) is 9.26. The lowest BCUT2D eigenvalue weighted by atomic mass is 10.2. The van der Waals surface area contributed by atoms with Crippen molar-refractivity contribution in [2.24, 2.45) is 0 Å². The summed E-state index contributed by atoms with van der Waals surface area (Å²) < 4.78 is 1.83. The Morgan fingerprint density at radius 2 is 2.12 bits per heavy atom. The SMILES string of the molecule is Cc1cc2sc(NC(=S)NC(=O)c3cccc(Br)c3)nc2cc1Cl. The Hall–Kier alpha value is -1.54. The Balaban J connectivity index is 1.72. The number of thiocarbonyl (C=S) groups is 1. The monoisotopic (exact) mass is 439 g/mol. The minimum absolute atomic E-state index is 0.196. The van der Waals surface area contributed by atoms with Gasteiger partial charge in [0.1, 0.15) is 0 Å². The second-order valence-electron chi connectivity index (χ2n) is 5.01. The molecule has 3 rings (SSSR count). The maximum atomic E-state index is 12.2. The summed E-state index contributed by atoms with van der Waals surface area (Å²) in [5.41, 5.74) is 2.30. The van der Waals surface area contributed by atoms with Gasteiger partial charge in [-0.15, -0.1) is 0 Å². The number of anilines is 1. The minimum atomic E-state index is -0.284. The van der Waals surface area contributed by atoms with Crippen LogP contribution in [0.1, 0.15) is 15.9 Å². The molecule has 1 amide bonds. The van der Waals surface area contributed by atoms with Crippen LogP contribution in [0.5, 0.6) is 0 Å². The fraction of sp³-hybridized carbons (Fsp3) is 0.0625. The van der Waals surface area contributed by atoms with E-state index in [0.717, 1.165) is 20.3 Å². The van der Waals surface area contributed by atoms with Crippen molar-refractivity contribution >= 4 is 77.5 Å². The van der Waals surface area contributed by atoms with E-state index in [0.29, 0.717) is 15.7 Å². The maximum Gasteiger partial charge on any atom is 0.257 e. The van der Waals surface area contributed by atoms with Crippen molar-refractivity contribution in [2.45, 2.75) is 6.92 Å². The zero-order valence-corrected chi connectivity index (χ0v) is 16.4. The number of thiazole rings is 1. The van der Waals surface area contributed by atoms with Crippen molar-refractivity contribution in [1.82, 2.24) is 10.3 Å². The van der Waals surface area contributed by atoms with E-state index in [4.69, 9.17) is 23.8 Å². The van der Waals surface area contributed by atoms with E-state index in [1.807, 2.05) is 25.1 Å². The highest BCUT2D eigenvalue weighted by molar-refractivity contribution is 9.10. The molecule has 1 heterocycles. The third-order valence-electron chi connectivity index (χ3n) is 3.20. The van der Waals surface area contributed by atoms with Crippen LogP contribution in [-0.4, -0.2) is 16.0 Å². The van der Waals surface area contributed by atoms with E-state index < -0.39 is 0 Å². The number of amides is 1. The van der Waals surface area contributed by atoms with E-state index in [2.05, 4.69) is 31.5 Å². The highest BCUT2D eigenvalue weighted by Crippen LogP contribution is 2.30. The summed E-state index contributed by atoms with van der Waals surface area (Å²) in [6.07, 6.45) is 0. The normalized spacial score (nSPS) is 10.6. The molecule has 24 heavy (non-hydrogen) atoms. The second-order valence-corrected chi connectivity index (χ2v) is 7.77.